The highest BCUT2D eigenvalue weighted by Gasteiger charge is 2.07. The lowest BCUT2D eigenvalue weighted by Gasteiger charge is -2.01. The van der Waals surface area contributed by atoms with Gasteiger partial charge < -0.3 is 5.11 Å². The number of carbonyl (C=O) groups is 1. The van der Waals surface area contributed by atoms with Gasteiger partial charge in [0.2, 0.25) is 0 Å². The van der Waals surface area contributed by atoms with Crippen LogP contribution in [0.5, 0.6) is 0 Å². The van der Waals surface area contributed by atoms with Gasteiger partial charge in [0.15, 0.2) is 0 Å². The molecule has 0 saturated heterocycles. The maximum absolute atomic E-state index is 10.6. The Labute approximate surface area is 128 Å². The third-order valence-corrected chi connectivity index (χ3v) is 5.09. The third-order valence-electron chi connectivity index (χ3n) is 2.21. The molecule has 0 spiro atoms. The summed E-state index contributed by atoms with van der Waals surface area (Å²) < 4.78 is 0.849. The van der Waals surface area contributed by atoms with Gasteiger partial charge in [0.05, 0.1) is 22.2 Å². The molecule has 1 N–H and O–H groups in total. The fourth-order valence-electron chi connectivity index (χ4n) is 1.37. The van der Waals surface area contributed by atoms with Crippen LogP contribution in [0.2, 0.25) is 10.0 Å². The zero-order valence-electron chi connectivity index (χ0n) is 9.60. The van der Waals surface area contributed by atoms with Gasteiger partial charge in [0.25, 0.3) is 0 Å². The first-order valence-corrected chi connectivity index (χ1v) is 7.89. The van der Waals surface area contributed by atoms with Gasteiger partial charge in [-0.05, 0) is 17.7 Å². The molecule has 2 aromatic rings. The van der Waals surface area contributed by atoms with E-state index in [9.17, 15) is 4.79 Å². The Hall–Kier alpha value is -0.750. The van der Waals surface area contributed by atoms with Crippen LogP contribution in [0.15, 0.2) is 27.9 Å². The van der Waals surface area contributed by atoms with Crippen molar-refractivity contribution in [3.63, 3.8) is 0 Å². The second-order valence-corrected chi connectivity index (χ2v) is 6.61. The van der Waals surface area contributed by atoms with Crippen molar-refractivity contribution in [2.24, 2.45) is 0 Å². The van der Waals surface area contributed by atoms with E-state index in [0.717, 1.165) is 15.7 Å². The molecule has 1 heterocycles. The predicted molar refractivity (Wildman–Crippen MR) is 79.5 cm³/mol. The van der Waals surface area contributed by atoms with Gasteiger partial charge in [-0.1, -0.05) is 41.0 Å². The summed E-state index contributed by atoms with van der Waals surface area (Å²) in [5.74, 6) is -0.150. The first-order chi connectivity index (χ1) is 9.04. The minimum atomic E-state index is -0.869. The number of carboxylic acid groups (broad SMARTS) is 1. The molecule has 1 aromatic heterocycles. The molecule has 7 heteroatoms. The molecule has 0 amide bonds. The number of rotatable bonds is 5. The fraction of sp³-hybridized carbons (Fsp3) is 0.167. The first kappa shape index (κ1) is 14.7. The summed E-state index contributed by atoms with van der Waals surface area (Å²) in [6, 6.07) is 5.49. The molecule has 0 saturated carbocycles. The maximum atomic E-state index is 10.6. The first-order valence-electron chi connectivity index (χ1n) is 5.27. The molecule has 0 radical (unpaired) electrons. The smallest absolute Gasteiger partial charge is 0.309 e. The monoisotopic (exact) mass is 333 g/mol. The summed E-state index contributed by atoms with van der Waals surface area (Å²) in [4.78, 5) is 14.8. The van der Waals surface area contributed by atoms with E-state index >= 15 is 0 Å². The molecule has 0 aliphatic carbocycles. The molecule has 0 aliphatic rings. The molecule has 19 heavy (non-hydrogen) atoms. The summed E-state index contributed by atoms with van der Waals surface area (Å²) in [5, 5.41) is 11.5. The van der Waals surface area contributed by atoms with Crippen LogP contribution in [-0.4, -0.2) is 16.1 Å². The number of halogens is 2. The van der Waals surface area contributed by atoms with Gasteiger partial charge in [-0.2, -0.15) is 0 Å². The largest absolute Gasteiger partial charge is 0.481 e. The van der Waals surface area contributed by atoms with Crippen LogP contribution in [0.3, 0.4) is 0 Å². The van der Waals surface area contributed by atoms with E-state index in [-0.39, 0.29) is 6.42 Å². The quantitative estimate of drug-likeness (QED) is 0.825. The Balaban J connectivity index is 1.96. The van der Waals surface area contributed by atoms with Gasteiger partial charge in [-0.25, -0.2) is 4.98 Å². The second kappa shape index (κ2) is 6.61. The number of aromatic nitrogens is 1. The number of thioether (sulfide) groups is 1. The topological polar surface area (TPSA) is 50.2 Å². The number of hydrogen-bond acceptors (Lipinski definition) is 4. The Kier molecular flexibility index (Phi) is 5.10. The van der Waals surface area contributed by atoms with Crippen molar-refractivity contribution in [3.05, 3.63) is 44.9 Å². The molecule has 0 unspecified atom stereocenters. The maximum Gasteiger partial charge on any atom is 0.309 e. The lowest BCUT2D eigenvalue weighted by molar-refractivity contribution is -0.136. The van der Waals surface area contributed by atoms with Crippen LogP contribution in [0.25, 0.3) is 0 Å². The molecule has 0 atom stereocenters. The van der Waals surface area contributed by atoms with E-state index in [0.29, 0.717) is 15.7 Å². The minimum Gasteiger partial charge on any atom is -0.481 e. The molecule has 0 fully saturated rings. The number of aliphatic carboxylic acids is 1. The summed E-state index contributed by atoms with van der Waals surface area (Å²) in [7, 11) is 0. The average molecular weight is 334 g/mol. The minimum absolute atomic E-state index is 0.0379. The molecular weight excluding hydrogens is 325 g/mol. The second-order valence-electron chi connectivity index (χ2n) is 3.71. The van der Waals surface area contributed by atoms with Gasteiger partial charge in [-0.3, -0.25) is 4.79 Å². The van der Waals surface area contributed by atoms with Crippen molar-refractivity contribution in [2.75, 3.05) is 0 Å². The van der Waals surface area contributed by atoms with E-state index < -0.39 is 5.97 Å². The van der Waals surface area contributed by atoms with Crippen LogP contribution in [0.4, 0.5) is 0 Å². The zero-order chi connectivity index (χ0) is 13.8. The van der Waals surface area contributed by atoms with E-state index in [1.54, 1.807) is 23.2 Å². The van der Waals surface area contributed by atoms with Crippen molar-refractivity contribution >= 4 is 52.3 Å². The average Bonchev–Trinajstić information content (AvgIpc) is 2.77. The summed E-state index contributed by atoms with van der Waals surface area (Å²) in [5.41, 5.74) is 1.64. The van der Waals surface area contributed by atoms with Gasteiger partial charge >= 0.3 is 5.97 Å². The predicted octanol–water partition coefficient (Wildman–Crippen LogP) is 4.37. The molecular formula is C12H9Cl2NO2S2. The van der Waals surface area contributed by atoms with Crippen LogP contribution in [0, 0.1) is 0 Å². The number of nitrogens with zero attached hydrogens (tertiary/aromatic N) is 1. The van der Waals surface area contributed by atoms with Gasteiger partial charge in [0, 0.05) is 11.1 Å². The highest BCUT2D eigenvalue weighted by atomic mass is 35.5. The van der Waals surface area contributed by atoms with Crippen LogP contribution in [0.1, 0.15) is 11.3 Å². The fourth-order valence-corrected chi connectivity index (χ4v) is 3.47. The van der Waals surface area contributed by atoms with Crippen LogP contribution < -0.4 is 0 Å². The lowest BCUT2D eigenvalue weighted by atomic mass is 10.2. The lowest BCUT2D eigenvalue weighted by Crippen LogP contribution is -1.99. The number of benzene rings is 1. The van der Waals surface area contributed by atoms with E-state index in [1.165, 1.54) is 11.3 Å². The zero-order valence-corrected chi connectivity index (χ0v) is 12.7. The molecule has 2 rings (SSSR count). The van der Waals surface area contributed by atoms with Crippen LogP contribution in [-0.2, 0) is 17.0 Å². The van der Waals surface area contributed by atoms with E-state index in [4.69, 9.17) is 28.3 Å². The highest BCUT2D eigenvalue weighted by Crippen LogP contribution is 2.29. The molecule has 0 bridgehead atoms. The van der Waals surface area contributed by atoms with Crippen molar-refractivity contribution in [2.45, 2.75) is 16.5 Å². The number of carboxylic acids is 1. The van der Waals surface area contributed by atoms with Gasteiger partial charge in [-0.15, -0.1) is 11.3 Å². The summed E-state index contributed by atoms with van der Waals surface area (Å²) in [6.07, 6.45) is -0.0379. The van der Waals surface area contributed by atoms with Gasteiger partial charge in [0.1, 0.15) is 4.34 Å². The Morgan fingerprint density at radius 3 is 2.84 bits per heavy atom. The standard InChI is InChI=1S/C12H9Cl2NO2S2/c13-9-2-1-7(3-10(9)14)5-18-12-15-8(6-19-12)4-11(16)17/h1-3,6H,4-5H2,(H,16,17). The highest BCUT2D eigenvalue weighted by molar-refractivity contribution is 8.00. The Morgan fingerprint density at radius 1 is 1.37 bits per heavy atom. The SMILES string of the molecule is O=C(O)Cc1csc(SCc2ccc(Cl)c(Cl)c2)n1. The molecule has 1 aromatic carbocycles. The van der Waals surface area contributed by atoms with Crippen molar-refractivity contribution in [1.29, 1.82) is 0 Å². The summed E-state index contributed by atoms with van der Waals surface area (Å²) >= 11 is 14.8. The number of hydrogen-bond donors (Lipinski definition) is 1. The molecule has 100 valence electrons. The molecule has 0 aliphatic heterocycles. The van der Waals surface area contributed by atoms with E-state index in [1.807, 2.05) is 12.1 Å². The Bertz CT molecular complexity index is 601. The molecule has 3 nitrogen and oxygen atoms in total. The normalized spacial score (nSPS) is 10.6. The summed E-state index contributed by atoms with van der Waals surface area (Å²) in [6.45, 7) is 0. The van der Waals surface area contributed by atoms with Crippen molar-refractivity contribution in [1.82, 2.24) is 4.98 Å². The van der Waals surface area contributed by atoms with E-state index in [2.05, 4.69) is 4.98 Å². The van der Waals surface area contributed by atoms with Crippen LogP contribution >= 0.6 is 46.3 Å². The third kappa shape index (κ3) is 4.38. The number of thiazole rings is 1. The van der Waals surface area contributed by atoms with Crippen molar-refractivity contribution in [3.8, 4) is 0 Å². The Morgan fingerprint density at radius 2 is 2.16 bits per heavy atom. The van der Waals surface area contributed by atoms with Crippen molar-refractivity contribution < 1.29 is 9.90 Å².